The molecule has 2 heterocycles. The molecule has 12 heteroatoms. The number of aromatic nitrogens is 1. The first-order valence-electron chi connectivity index (χ1n) is 10.5. The lowest BCUT2D eigenvalue weighted by atomic mass is 9.97. The second-order valence-corrected chi connectivity index (χ2v) is 9.03. The maximum Gasteiger partial charge on any atom is 0.573 e. The highest BCUT2D eigenvalue weighted by atomic mass is 35.5. The highest BCUT2D eigenvalue weighted by Gasteiger charge is 2.33. The van der Waals surface area contributed by atoms with Crippen molar-refractivity contribution < 1.29 is 31.9 Å². The number of carbonyl (C=O) groups excluding carboxylic acids is 2. The first kappa shape index (κ1) is 24.9. The van der Waals surface area contributed by atoms with E-state index in [2.05, 4.69) is 15.0 Å². The van der Waals surface area contributed by atoms with Gasteiger partial charge < -0.3 is 15.0 Å². The van der Waals surface area contributed by atoms with Crippen molar-refractivity contribution in [2.45, 2.75) is 25.1 Å². The molecule has 0 saturated carbocycles. The molecule has 0 spiro atoms. The average Bonchev–Trinajstić information content (AvgIpc) is 3.30. The summed E-state index contributed by atoms with van der Waals surface area (Å²) in [5.41, 5.74) is -0.234. The predicted octanol–water partition coefficient (Wildman–Crippen LogP) is 6.11. The van der Waals surface area contributed by atoms with Crippen LogP contribution in [0.4, 0.5) is 23.2 Å². The van der Waals surface area contributed by atoms with Gasteiger partial charge in [-0.3, -0.25) is 9.59 Å². The summed E-state index contributed by atoms with van der Waals surface area (Å²) in [6.07, 6.45) is -3.80. The van der Waals surface area contributed by atoms with Gasteiger partial charge in [-0.05, 0) is 37.1 Å². The molecule has 1 N–H and O–H groups in total. The Kier molecular flexibility index (Phi) is 7.27. The van der Waals surface area contributed by atoms with Crippen LogP contribution in [0.15, 0.2) is 47.8 Å². The third-order valence-electron chi connectivity index (χ3n) is 5.42. The lowest BCUT2D eigenvalue weighted by Gasteiger charge is -2.31. The quantitative estimate of drug-likeness (QED) is 0.407. The molecule has 1 aliphatic rings. The number of thiazole rings is 1. The Morgan fingerprint density at radius 1 is 1.11 bits per heavy atom. The zero-order valence-electron chi connectivity index (χ0n) is 17.9. The summed E-state index contributed by atoms with van der Waals surface area (Å²) in [6.45, 7) is 0.717. The topological polar surface area (TPSA) is 71.5 Å². The van der Waals surface area contributed by atoms with Gasteiger partial charge in [-0.15, -0.1) is 24.5 Å². The fraction of sp³-hybridized carbons (Fsp3) is 0.261. The normalized spacial score (nSPS) is 14.6. The SMILES string of the molecule is O=C(Nc1ccccc1OC(F)(F)F)c1csc(C2CCN(C(=O)c3c(F)cccc3Cl)CC2)n1. The van der Waals surface area contributed by atoms with E-state index in [0.717, 1.165) is 6.07 Å². The van der Waals surface area contributed by atoms with E-state index in [1.165, 1.54) is 58.0 Å². The third-order valence-corrected chi connectivity index (χ3v) is 6.75. The molecule has 1 aromatic heterocycles. The lowest BCUT2D eigenvalue weighted by Crippen LogP contribution is -2.38. The zero-order chi connectivity index (χ0) is 25.2. The van der Waals surface area contributed by atoms with E-state index in [0.29, 0.717) is 30.9 Å². The first-order chi connectivity index (χ1) is 16.6. The van der Waals surface area contributed by atoms with E-state index in [1.807, 2.05) is 0 Å². The van der Waals surface area contributed by atoms with E-state index in [1.54, 1.807) is 0 Å². The molecular weight excluding hydrogens is 510 g/mol. The number of alkyl halides is 3. The van der Waals surface area contributed by atoms with Crippen LogP contribution in [-0.4, -0.2) is 41.2 Å². The van der Waals surface area contributed by atoms with Gasteiger partial charge in [0, 0.05) is 24.4 Å². The van der Waals surface area contributed by atoms with Crippen LogP contribution >= 0.6 is 22.9 Å². The van der Waals surface area contributed by atoms with Crippen LogP contribution in [0.2, 0.25) is 5.02 Å². The van der Waals surface area contributed by atoms with Crippen LogP contribution in [0.1, 0.15) is 44.6 Å². The van der Waals surface area contributed by atoms with Gasteiger partial charge in [-0.25, -0.2) is 9.37 Å². The standard InChI is InChI=1S/C23H18ClF4N3O3S/c24-14-4-3-5-15(25)19(14)22(33)31-10-8-13(9-11-31)21-30-17(12-35-21)20(32)29-16-6-1-2-7-18(16)34-23(26,27)28/h1-7,12-13H,8-11H2,(H,29,32). The number of benzene rings is 2. The number of piperidine rings is 1. The summed E-state index contributed by atoms with van der Waals surface area (Å²) in [7, 11) is 0. The number of rotatable bonds is 5. The van der Waals surface area contributed by atoms with Gasteiger partial charge in [0.2, 0.25) is 0 Å². The van der Waals surface area contributed by atoms with Crippen molar-refractivity contribution in [2.75, 3.05) is 18.4 Å². The van der Waals surface area contributed by atoms with E-state index in [9.17, 15) is 27.2 Å². The monoisotopic (exact) mass is 527 g/mol. The van der Waals surface area contributed by atoms with Crippen LogP contribution in [0.5, 0.6) is 5.75 Å². The molecule has 1 fully saturated rings. The molecule has 2 amide bonds. The molecule has 0 bridgehead atoms. The van der Waals surface area contributed by atoms with Gasteiger partial charge in [0.05, 0.1) is 21.3 Å². The number of hydrogen-bond donors (Lipinski definition) is 1. The van der Waals surface area contributed by atoms with Crippen LogP contribution in [-0.2, 0) is 0 Å². The maximum absolute atomic E-state index is 14.1. The Morgan fingerprint density at radius 3 is 2.51 bits per heavy atom. The van der Waals surface area contributed by atoms with Gasteiger partial charge in [0.15, 0.2) is 5.75 Å². The second-order valence-electron chi connectivity index (χ2n) is 7.73. The summed E-state index contributed by atoms with van der Waals surface area (Å²) in [6, 6.07) is 9.28. The Labute approximate surface area is 206 Å². The Morgan fingerprint density at radius 2 is 1.83 bits per heavy atom. The van der Waals surface area contributed by atoms with Crippen LogP contribution in [0.25, 0.3) is 0 Å². The summed E-state index contributed by atoms with van der Waals surface area (Å²) in [5.74, 6) is -2.39. The molecule has 0 radical (unpaired) electrons. The summed E-state index contributed by atoms with van der Waals surface area (Å²) < 4.78 is 55.9. The van der Waals surface area contributed by atoms with Crippen molar-refractivity contribution in [3.05, 3.63) is 74.9 Å². The highest BCUT2D eigenvalue weighted by Crippen LogP contribution is 2.33. The number of nitrogens with zero attached hydrogens (tertiary/aromatic N) is 2. The number of likely N-dealkylation sites (tertiary alicyclic amines) is 1. The number of ether oxygens (including phenoxy) is 1. The summed E-state index contributed by atoms with van der Waals surface area (Å²) >= 11 is 7.25. The molecule has 184 valence electrons. The third kappa shape index (κ3) is 5.91. The van der Waals surface area contributed by atoms with Crippen molar-refractivity contribution in [1.29, 1.82) is 0 Å². The molecule has 0 aliphatic carbocycles. The van der Waals surface area contributed by atoms with E-state index < -0.39 is 29.7 Å². The fourth-order valence-electron chi connectivity index (χ4n) is 3.74. The van der Waals surface area contributed by atoms with E-state index in [-0.39, 0.29) is 27.9 Å². The van der Waals surface area contributed by atoms with Crippen LogP contribution in [0.3, 0.4) is 0 Å². The van der Waals surface area contributed by atoms with Gasteiger partial charge in [-0.1, -0.05) is 29.8 Å². The zero-order valence-corrected chi connectivity index (χ0v) is 19.5. The minimum atomic E-state index is -4.90. The number of para-hydroxylation sites is 2. The largest absolute Gasteiger partial charge is 0.573 e. The molecular formula is C23H18ClF4N3O3S. The first-order valence-corrected chi connectivity index (χ1v) is 11.7. The van der Waals surface area contributed by atoms with Gasteiger partial charge in [0.1, 0.15) is 11.5 Å². The number of anilines is 1. The molecule has 1 aliphatic heterocycles. The molecule has 0 atom stereocenters. The van der Waals surface area contributed by atoms with Crippen LogP contribution in [0, 0.1) is 5.82 Å². The molecule has 1 saturated heterocycles. The minimum Gasteiger partial charge on any atom is -0.404 e. The second kappa shape index (κ2) is 10.2. The van der Waals surface area contributed by atoms with Crippen molar-refractivity contribution in [2.24, 2.45) is 0 Å². The Bertz CT molecular complexity index is 1220. The number of nitrogens with one attached hydrogen (secondary N) is 1. The number of amides is 2. The Balaban J connectivity index is 1.39. The number of halogens is 5. The predicted molar refractivity (Wildman–Crippen MR) is 122 cm³/mol. The molecule has 35 heavy (non-hydrogen) atoms. The smallest absolute Gasteiger partial charge is 0.404 e. The minimum absolute atomic E-state index is 0.0254. The highest BCUT2D eigenvalue weighted by molar-refractivity contribution is 7.10. The summed E-state index contributed by atoms with van der Waals surface area (Å²) in [4.78, 5) is 31.2. The van der Waals surface area contributed by atoms with Gasteiger partial charge in [-0.2, -0.15) is 0 Å². The van der Waals surface area contributed by atoms with Gasteiger partial charge in [0.25, 0.3) is 11.8 Å². The maximum atomic E-state index is 14.1. The van der Waals surface area contributed by atoms with Crippen molar-refractivity contribution in [3.8, 4) is 5.75 Å². The van der Waals surface area contributed by atoms with Crippen LogP contribution < -0.4 is 10.1 Å². The molecule has 2 aromatic carbocycles. The van der Waals surface area contributed by atoms with Crippen molar-refractivity contribution >= 4 is 40.4 Å². The van der Waals surface area contributed by atoms with Crippen molar-refractivity contribution in [1.82, 2.24) is 9.88 Å². The Hall–Kier alpha value is -3.18. The average molecular weight is 528 g/mol. The number of hydrogen-bond acceptors (Lipinski definition) is 5. The molecule has 3 aromatic rings. The fourth-order valence-corrected chi connectivity index (χ4v) is 4.95. The lowest BCUT2D eigenvalue weighted by molar-refractivity contribution is -0.274. The van der Waals surface area contributed by atoms with E-state index >= 15 is 0 Å². The summed E-state index contributed by atoms with van der Waals surface area (Å²) in [5, 5.41) is 4.64. The van der Waals surface area contributed by atoms with Gasteiger partial charge >= 0.3 is 6.36 Å². The van der Waals surface area contributed by atoms with Crippen molar-refractivity contribution in [3.63, 3.8) is 0 Å². The molecule has 6 nitrogen and oxygen atoms in total. The number of carbonyl (C=O) groups is 2. The van der Waals surface area contributed by atoms with E-state index in [4.69, 9.17) is 11.6 Å². The molecule has 4 rings (SSSR count). The molecule has 0 unspecified atom stereocenters.